The second kappa shape index (κ2) is 7.06. The third kappa shape index (κ3) is 3.02. The van der Waals surface area contributed by atoms with Crippen molar-refractivity contribution in [2.45, 2.75) is 39.5 Å². The minimum atomic E-state index is 0.304. The molecule has 2 heterocycles. The van der Waals surface area contributed by atoms with Crippen molar-refractivity contribution in [3.63, 3.8) is 0 Å². The minimum absolute atomic E-state index is 0.304. The Kier molecular flexibility index (Phi) is 4.86. The van der Waals surface area contributed by atoms with E-state index in [1.54, 1.807) is 11.3 Å². The molecule has 24 heavy (non-hydrogen) atoms. The van der Waals surface area contributed by atoms with Gasteiger partial charge < -0.3 is 4.74 Å². The largest absolute Gasteiger partial charge is 0.494 e. The second-order valence-electron chi connectivity index (χ2n) is 6.05. The Balaban J connectivity index is 2.05. The van der Waals surface area contributed by atoms with Crippen LogP contribution in [0, 0.1) is 11.3 Å². The van der Waals surface area contributed by atoms with E-state index in [1.165, 1.54) is 0 Å². The van der Waals surface area contributed by atoms with E-state index in [2.05, 4.69) is 48.8 Å². The highest BCUT2D eigenvalue weighted by Gasteiger charge is 2.19. The molecule has 0 aliphatic carbocycles. The summed E-state index contributed by atoms with van der Waals surface area (Å²) in [7, 11) is 0. The van der Waals surface area contributed by atoms with E-state index < -0.39 is 0 Å². The minimum Gasteiger partial charge on any atom is -0.494 e. The van der Waals surface area contributed by atoms with E-state index in [0.29, 0.717) is 12.3 Å². The van der Waals surface area contributed by atoms with Crippen LogP contribution in [0.1, 0.15) is 44.5 Å². The summed E-state index contributed by atoms with van der Waals surface area (Å²) in [6.07, 6.45) is 1.37. The Hall–Kier alpha value is -2.32. The zero-order valence-electron chi connectivity index (χ0n) is 14.2. The number of aromatic nitrogens is 2. The molecule has 0 unspecified atom stereocenters. The monoisotopic (exact) mass is 339 g/mol. The van der Waals surface area contributed by atoms with Crippen LogP contribution in [0.2, 0.25) is 0 Å². The van der Waals surface area contributed by atoms with Crippen LogP contribution in [0.15, 0.2) is 29.6 Å². The van der Waals surface area contributed by atoms with Gasteiger partial charge in [0.1, 0.15) is 5.75 Å². The van der Waals surface area contributed by atoms with E-state index in [9.17, 15) is 5.26 Å². The molecule has 0 amide bonds. The number of fused-ring (bicyclic) bond motifs is 1. The maximum absolute atomic E-state index is 9.22. The lowest BCUT2D eigenvalue weighted by Crippen LogP contribution is -1.99. The molecule has 0 aliphatic heterocycles. The lowest BCUT2D eigenvalue weighted by atomic mass is 10.1. The van der Waals surface area contributed by atoms with Crippen LogP contribution < -0.4 is 4.74 Å². The molecule has 0 radical (unpaired) electrons. The number of nitriles is 1. The molecule has 2 aromatic heterocycles. The molecule has 0 bridgehead atoms. The third-order valence-corrected chi connectivity index (χ3v) is 4.73. The van der Waals surface area contributed by atoms with Crippen molar-refractivity contribution in [1.29, 1.82) is 5.26 Å². The first-order valence-electron chi connectivity index (χ1n) is 8.24. The number of nitrogens with zero attached hydrogens (tertiary/aromatic N) is 3. The summed E-state index contributed by atoms with van der Waals surface area (Å²) in [5, 5.41) is 11.3. The standard InChI is InChI=1S/C19H21N3OS/c1-4-11-23-15-7-5-14(6-8-15)17-12-24-19-21-18(13(2)3)16(9-10-20)22(17)19/h5-8,12-13H,4,9,11H2,1-3H3. The van der Waals surface area contributed by atoms with Crippen molar-refractivity contribution in [2.24, 2.45) is 0 Å². The van der Waals surface area contributed by atoms with Crippen LogP contribution in [0.5, 0.6) is 5.75 Å². The number of ether oxygens (including phenoxy) is 1. The normalized spacial score (nSPS) is 11.1. The van der Waals surface area contributed by atoms with Crippen molar-refractivity contribution in [3.05, 3.63) is 41.0 Å². The lowest BCUT2D eigenvalue weighted by Gasteiger charge is -2.08. The van der Waals surface area contributed by atoms with Gasteiger partial charge >= 0.3 is 0 Å². The molecule has 0 N–H and O–H groups in total. The summed E-state index contributed by atoms with van der Waals surface area (Å²) in [4.78, 5) is 5.69. The van der Waals surface area contributed by atoms with Crippen LogP contribution in [-0.2, 0) is 6.42 Å². The molecule has 0 spiro atoms. The average Bonchev–Trinajstić information content (AvgIpc) is 3.14. The van der Waals surface area contributed by atoms with E-state index in [0.717, 1.165) is 46.4 Å². The van der Waals surface area contributed by atoms with Gasteiger partial charge in [-0.05, 0) is 42.2 Å². The van der Waals surface area contributed by atoms with Crippen molar-refractivity contribution >= 4 is 16.3 Å². The zero-order valence-corrected chi connectivity index (χ0v) is 15.1. The van der Waals surface area contributed by atoms with Gasteiger partial charge in [0.15, 0.2) is 4.96 Å². The molecule has 0 saturated carbocycles. The van der Waals surface area contributed by atoms with Gasteiger partial charge in [-0.15, -0.1) is 11.3 Å². The highest BCUT2D eigenvalue weighted by Crippen LogP contribution is 2.32. The van der Waals surface area contributed by atoms with Crippen LogP contribution in [-0.4, -0.2) is 16.0 Å². The molecule has 4 nitrogen and oxygen atoms in total. The molecule has 1 aromatic carbocycles. The van der Waals surface area contributed by atoms with Gasteiger partial charge in [0.05, 0.1) is 36.2 Å². The Morgan fingerprint density at radius 3 is 2.67 bits per heavy atom. The van der Waals surface area contributed by atoms with E-state index in [1.807, 2.05) is 12.1 Å². The number of rotatable bonds is 6. The molecule has 0 atom stereocenters. The lowest BCUT2D eigenvalue weighted by molar-refractivity contribution is 0.317. The maximum Gasteiger partial charge on any atom is 0.194 e. The van der Waals surface area contributed by atoms with Gasteiger partial charge in [-0.1, -0.05) is 20.8 Å². The number of thiazole rings is 1. The summed E-state index contributed by atoms with van der Waals surface area (Å²) in [5.41, 5.74) is 4.22. The van der Waals surface area contributed by atoms with E-state index in [-0.39, 0.29) is 0 Å². The smallest absolute Gasteiger partial charge is 0.194 e. The van der Waals surface area contributed by atoms with Gasteiger partial charge in [-0.3, -0.25) is 4.40 Å². The first kappa shape index (κ1) is 16.5. The average molecular weight is 339 g/mol. The summed E-state index contributed by atoms with van der Waals surface area (Å²) in [5.74, 6) is 1.19. The Labute approximate surface area is 146 Å². The van der Waals surface area contributed by atoms with E-state index >= 15 is 0 Å². The molecule has 0 aliphatic rings. The van der Waals surface area contributed by atoms with Gasteiger partial charge in [0.25, 0.3) is 0 Å². The molecule has 0 fully saturated rings. The Morgan fingerprint density at radius 1 is 1.29 bits per heavy atom. The zero-order chi connectivity index (χ0) is 17.1. The fourth-order valence-electron chi connectivity index (χ4n) is 2.78. The molecule has 3 aromatic rings. The third-order valence-electron chi connectivity index (χ3n) is 3.91. The van der Waals surface area contributed by atoms with Crippen LogP contribution in [0.3, 0.4) is 0 Å². The number of hydrogen-bond acceptors (Lipinski definition) is 4. The van der Waals surface area contributed by atoms with Gasteiger partial charge in [-0.2, -0.15) is 5.26 Å². The Morgan fingerprint density at radius 2 is 2.04 bits per heavy atom. The van der Waals surface area contributed by atoms with Crippen molar-refractivity contribution in [2.75, 3.05) is 6.61 Å². The van der Waals surface area contributed by atoms with Crippen molar-refractivity contribution < 1.29 is 4.74 Å². The number of imidazole rings is 1. The predicted molar refractivity (Wildman–Crippen MR) is 97.7 cm³/mol. The van der Waals surface area contributed by atoms with Crippen LogP contribution in [0.4, 0.5) is 0 Å². The molecule has 5 heteroatoms. The second-order valence-corrected chi connectivity index (χ2v) is 6.88. The summed E-state index contributed by atoms with van der Waals surface area (Å²) >= 11 is 1.62. The fourth-order valence-corrected chi connectivity index (χ4v) is 3.71. The SMILES string of the molecule is CCCOc1ccc(-c2csc3nc(C(C)C)c(CC#N)n23)cc1. The summed E-state index contributed by atoms with van der Waals surface area (Å²) in [6, 6.07) is 10.4. The molecule has 0 saturated heterocycles. The van der Waals surface area contributed by atoms with Crippen LogP contribution >= 0.6 is 11.3 Å². The van der Waals surface area contributed by atoms with Gasteiger partial charge in [0.2, 0.25) is 0 Å². The van der Waals surface area contributed by atoms with Crippen molar-refractivity contribution in [3.8, 4) is 23.1 Å². The van der Waals surface area contributed by atoms with Crippen molar-refractivity contribution in [1.82, 2.24) is 9.38 Å². The summed E-state index contributed by atoms with van der Waals surface area (Å²) < 4.78 is 7.78. The fraction of sp³-hybridized carbons (Fsp3) is 0.368. The Bertz CT molecular complexity index is 869. The number of hydrogen-bond donors (Lipinski definition) is 0. The molecular weight excluding hydrogens is 318 g/mol. The quantitative estimate of drug-likeness (QED) is 0.632. The molecule has 124 valence electrons. The topological polar surface area (TPSA) is 50.3 Å². The first-order chi connectivity index (χ1) is 11.7. The van der Waals surface area contributed by atoms with Gasteiger partial charge in [0, 0.05) is 5.38 Å². The van der Waals surface area contributed by atoms with Crippen LogP contribution in [0.25, 0.3) is 16.2 Å². The number of benzene rings is 1. The molecule has 3 rings (SSSR count). The predicted octanol–water partition coefficient (Wildman–Crippen LogP) is 5.04. The van der Waals surface area contributed by atoms with E-state index in [4.69, 9.17) is 9.72 Å². The first-order valence-corrected chi connectivity index (χ1v) is 9.12. The van der Waals surface area contributed by atoms with Gasteiger partial charge in [-0.25, -0.2) is 4.98 Å². The molecular formula is C19H21N3OS. The highest BCUT2D eigenvalue weighted by molar-refractivity contribution is 7.15. The summed E-state index contributed by atoms with van der Waals surface area (Å²) in [6.45, 7) is 7.06. The maximum atomic E-state index is 9.22. The highest BCUT2D eigenvalue weighted by atomic mass is 32.1.